The molecule has 0 saturated carbocycles. The van der Waals surface area contributed by atoms with Crippen LogP contribution in [0, 0.1) is 0 Å². The van der Waals surface area contributed by atoms with Crippen molar-refractivity contribution in [2.75, 3.05) is 26.2 Å². The van der Waals surface area contributed by atoms with Gasteiger partial charge in [0.25, 0.3) is 0 Å². The van der Waals surface area contributed by atoms with Gasteiger partial charge in [0.1, 0.15) is 0 Å². The molecule has 0 radical (unpaired) electrons. The van der Waals surface area contributed by atoms with Crippen LogP contribution in [-0.2, 0) is 6.42 Å². The monoisotopic (exact) mass is 261 g/mol. The summed E-state index contributed by atoms with van der Waals surface area (Å²) in [4.78, 5) is 2.43. The largest absolute Gasteiger partial charge is 0.303 e. The average molecular weight is 261 g/mol. The van der Waals surface area contributed by atoms with E-state index in [1.54, 1.807) is 0 Å². The van der Waals surface area contributed by atoms with Crippen LogP contribution in [0.4, 0.5) is 0 Å². The van der Waals surface area contributed by atoms with Crippen molar-refractivity contribution in [2.24, 2.45) is 0 Å². The van der Waals surface area contributed by atoms with Crippen LogP contribution < -0.4 is 10.9 Å². The average Bonchev–Trinajstić information content (AvgIpc) is 2.47. The normalized spacial score (nSPS) is 18.6. The zero-order valence-electron chi connectivity index (χ0n) is 12.3. The molecule has 2 rings (SSSR count). The highest BCUT2D eigenvalue weighted by Crippen LogP contribution is 2.28. The first-order valence-corrected chi connectivity index (χ1v) is 7.63. The lowest BCUT2D eigenvalue weighted by Crippen LogP contribution is -2.41. The fraction of sp³-hybridized carbons (Fsp3) is 0.625. The second-order valence-corrected chi connectivity index (χ2v) is 5.24. The van der Waals surface area contributed by atoms with Crippen LogP contribution in [0.5, 0.6) is 0 Å². The number of rotatable bonds is 7. The van der Waals surface area contributed by atoms with Gasteiger partial charge in [0.05, 0.1) is 0 Å². The van der Waals surface area contributed by atoms with Gasteiger partial charge in [-0.3, -0.25) is 10.9 Å². The zero-order chi connectivity index (χ0) is 13.5. The summed E-state index contributed by atoms with van der Waals surface area (Å²) in [6, 6.07) is 9.29. The van der Waals surface area contributed by atoms with Crippen LogP contribution in [-0.4, -0.2) is 31.1 Å². The number of aryl methyl sites for hydroxylation is 1. The predicted octanol–water partition coefficient (Wildman–Crippen LogP) is 2.50. The lowest BCUT2D eigenvalue weighted by Gasteiger charge is -2.27. The number of hydrazine groups is 1. The van der Waals surface area contributed by atoms with Crippen molar-refractivity contribution in [3.05, 3.63) is 35.4 Å². The van der Waals surface area contributed by atoms with Gasteiger partial charge in [0.15, 0.2) is 0 Å². The topological polar surface area (TPSA) is 27.3 Å². The molecule has 0 bridgehead atoms. The quantitative estimate of drug-likeness (QED) is 0.583. The molecule has 2 N–H and O–H groups in total. The molecule has 0 spiro atoms. The summed E-state index contributed by atoms with van der Waals surface area (Å²) in [5.41, 5.74) is 9.90. The van der Waals surface area contributed by atoms with E-state index in [9.17, 15) is 0 Å². The van der Waals surface area contributed by atoms with Gasteiger partial charge < -0.3 is 4.90 Å². The maximum atomic E-state index is 3.50. The molecule has 0 amide bonds. The summed E-state index contributed by atoms with van der Waals surface area (Å²) in [6.45, 7) is 8.80. The van der Waals surface area contributed by atoms with E-state index in [2.05, 4.69) is 53.9 Å². The SMILES string of the molecule is CCN(CC)CCNN[C@@H]1CCCc2ccccc21. The van der Waals surface area contributed by atoms with Crippen molar-refractivity contribution in [1.29, 1.82) is 0 Å². The molecule has 3 heteroatoms. The second kappa shape index (κ2) is 7.63. The van der Waals surface area contributed by atoms with E-state index in [1.807, 2.05) is 0 Å². The van der Waals surface area contributed by atoms with Crippen LogP contribution in [0.15, 0.2) is 24.3 Å². The van der Waals surface area contributed by atoms with Crippen molar-refractivity contribution >= 4 is 0 Å². The molecule has 0 unspecified atom stereocenters. The van der Waals surface area contributed by atoms with Gasteiger partial charge in [0.2, 0.25) is 0 Å². The smallest absolute Gasteiger partial charge is 0.0465 e. The minimum atomic E-state index is 0.474. The van der Waals surface area contributed by atoms with Gasteiger partial charge in [-0.1, -0.05) is 38.1 Å². The number of hydrogen-bond acceptors (Lipinski definition) is 3. The van der Waals surface area contributed by atoms with Gasteiger partial charge in [-0.05, 0) is 43.5 Å². The maximum Gasteiger partial charge on any atom is 0.0465 e. The molecule has 1 aliphatic carbocycles. The Balaban J connectivity index is 1.78. The molecular weight excluding hydrogens is 234 g/mol. The molecule has 0 fully saturated rings. The maximum absolute atomic E-state index is 3.50. The molecule has 106 valence electrons. The summed E-state index contributed by atoms with van der Waals surface area (Å²) in [5.74, 6) is 0. The van der Waals surface area contributed by atoms with Crippen molar-refractivity contribution in [1.82, 2.24) is 15.8 Å². The Kier molecular flexibility index (Phi) is 5.83. The van der Waals surface area contributed by atoms with E-state index in [1.165, 1.54) is 30.4 Å². The van der Waals surface area contributed by atoms with E-state index in [-0.39, 0.29) is 0 Å². The molecule has 19 heavy (non-hydrogen) atoms. The Morgan fingerprint density at radius 1 is 1.21 bits per heavy atom. The standard InChI is InChI=1S/C16H27N3/c1-3-19(4-2)13-12-17-18-16-11-7-9-14-8-5-6-10-15(14)16/h5-6,8,10,16-18H,3-4,7,9,11-13H2,1-2H3/t16-/m1/s1. The highest BCUT2D eigenvalue weighted by Gasteiger charge is 2.18. The van der Waals surface area contributed by atoms with E-state index in [0.717, 1.165) is 26.2 Å². The minimum absolute atomic E-state index is 0.474. The van der Waals surface area contributed by atoms with Crippen LogP contribution in [0.3, 0.4) is 0 Å². The number of nitrogens with one attached hydrogen (secondary N) is 2. The van der Waals surface area contributed by atoms with Gasteiger partial charge in [-0.25, -0.2) is 0 Å². The molecule has 1 aromatic rings. The van der Waals surface area contributed by atoms with E-state index >= 15 is 0 Å². The van der Waals surface area contributed by atoms with Crippen molar-refractivity contribution < 1.29 is 0 Å². The third-order valence-corrected chi connectivity index (χ3v) is 4.09. The minimum Gasteiger partial charge on any atom is -0.303 e. The van der Waals surface area contributed by atoms with Gasteiger partial charge >= 0.3 is 0 Å². The second-order valence-electron chi connectivity index (χ2n) is 5.24. The molecule has 1 aliphatic rings. The molecule has 1 atom stereocenters. The van der Waals surface area contributed by atoms with Gasteiger partial charge in [-0.2, -0.15) is 0 Å². The highest BCUT2D eigenvalue weighted by molar-refractivity contribution is 5.31. The number of benzene rings is 1. The highest BCUT2D eigenvalue weighted by atomic mass is 15.4. The fourth-order valence-electron chi connectivity index (χ4n) is 2.85. The van der Waals surface area contributed by atoms with Crippen molar-refractivity contribution in [2.45, 2.75) is 39.2 Å². The lowest BCUT2D eigenvalue weighted by atomic mass is 9.88. The van der Waals surface area contributed by atoms with Crippen LogP contribution in [0.2, 0.25) is 0 Å². The first kappa shape index (κ1) is 14.5. The number of likely N-dealkylation sites (N-methyl/N-ethyl adjacent to an activating group) is 1. The van der Waals surface area contributed by atoms with E-state index in [4.69, 9.17) is 0 Å². The molecule has 3 nitrogen and oxygen atoms in total. The predicted molar refractivity (Wildman–Crippen MR) is 81.0 cm³/mol. The molecular formula is C16H27N3. The van der Waals surface area contributed by atoms with E-state index in [0.29, 0.717) is 6.04 Å². The van der Waals surface area contributed by atoms with E-state index < -0.39 is 0 Å². The lowest BCUT2D eigenvalue weighted by molar-refractivity contribution is 0.286. The Bertz CT molecular complexity index is 374. The van der Waals surface area contributed by atoms with Crippen LogP contribution in [0.1, 0.15) is 43.9 Å². The summed E-state index contributed by atoms with van der Waals surface area (Å²) in [5, 5.41) is 0. The molecule has 0 aromatic heterocycles. The summed E-state index contributed by atoms with van der Waals surface area (Å²) in [6.07, 6.45) is 3.75. The Hall–Kier alpha value is -0.900. The number of hydrogen-bond donors (Lipinski definition) is 2. The number of nitrogens with zero attached hydrogens (tertiary/aromatic N) is 1. The molecule has 0 aliphatic heterocycles. The molecule has 0 heterocycles. The van der Waals surface area contributed by atoms with Crippen molar-refractivity contribution in [3.63, 3.8) is 0 Å². The Labute approximate surface area is 117 Å². The van der Waals surface area contributed by atoms with Crippen LogP contribution in [0.25, 0.3) is 0 Å². The van der Waals surface area contributed by atoms with Gasteiger partial charge in [0, 0.05) is 19.1 Å². The summed E-state index contributed by atoms with van der Waals surface area (Å²) in [7, 11) is 0. The Morgan fingerprint density at radius 2 is 2.00 bits per heavy atom. The summed E-state index contributed by atoms with van der Waals surface area (Å²) >= 11 is 0. The third-order valence-electron chi connectivity index (χ3n) is 4.09. The Morgan fingerprint density at radius 3 is 2.79 bits per heavy atom. The first-order chi connectivity index (χ1) is 9.35. The number of fused-ring (bicyclic) bond motifs is 1. The van der Waals surface area contributed by atoms with Gasteiger partial charge in [-0.15, -0.1) is 0 Å². The molecule has 0 saturated heterocycles. The third kappa shape index (κ3) is 4.03. The fourth-order valence-corrected chi connectivity index (χ4v) is 2.85. The van der Waals surface area contributed by atoms with Crippen LogP contribution >= 0.6 is 0 Å². The molecule has 1 aromatic carbocycles. The zero-order valence-corrected chi connectivity index (χ0v) is 12.3. The van der Waals surface area contributed by atoms with Crippen molar-refractivity contribution in [3.8, 4) is 0 Å². The first-order valence-electron chi connectivity index (χ1n) is 7.63. The summed E-state index contributed by atoms with van der Waals surface area (Å²) < 4.78 is 0.